The van der Waals surface area contributed by atoms with E-state index in [0.717, 1.165) is 0 Å². The van der Waals surface area contributed by atoms with Crippen LogP contribution in [-0.4, -0.2) is 74.4 Å². The fraction of sp³-hybridized carbons (Fsp3) is 0. The van der Waals surface area contributed by atoms with Gasteiger partial charge in [-0.2, -0.15) is 0 Å². The van der Waals surface area contributed by atoms with Crippen molar-refractivity contribution in [1.29, 1.82) is 0 Å². The molecular formula is C18H15B3Bi2O9. The van der Waals surface area contributed by atoms with Gasteiger partial charge in [-0.3, -0.25) is 0 Å². The molecule has 0 aromatic heterocycles. The maximum absolute atomic E-state index is 9.92. The summed E-state index contributed by atoms with van der Waals surface area (Å²) in [6.07, 6.45) is 0. The SMILES string of the molecule is [Bi+3].[Bi+3].[O-]B([O-])Oc1ccccc1.[O-]B([O-])Oc1ccccc1.[O-]B([O-])Oc1ccccc1. The number of para-hydroxylation sites is 3. The maximum Gasteiger partial charge on any atom is 3.00 e. The molecule has 0 saturated carbocycles. The van der Waals surface area contributed by atoms with Crippen molar-refractivity contribution in [3.63, 3.8) is 0 Å². The van der Waals surface area contributed by atoms with Crippen molar-refractivity contribution in [3.05, 3.63) is 91.0 Å². The Morgan fingerprint density at radius 3 is 0.719 bits per heavy atom. The molecule has 0 saturated heterocycles. The standard InChI is InChI=1S/3C6H5BO3.2Bi/c3*8-7(9)10-6-4-2-1-3-5-6;;/h3*1-5H;;/q3*-2;2*+3. The molecule has 0 bridgehead atoms. The summed E-state index contributed by atoms with van der Waals surface area (Å²) in [7, 11) is -6.70. The summed E-state index contributed by atoms with van der Waals surface area (Å²) in [6.45, 7) is 0. The van der Waals surface area contributed by atoms with Crippen LogP contribution in [0.2, 0.25) is 0 Å². The molecule has 160 valence electrons. The Bertz CT molecular complexity index is 681. The van der Waals surface area contributed by atoms with Gasteiger partial charge >= 0.3 is 52.4 Å². The molecule has 0 atom stereocenters. The number of hydrogen-bond donors (Lipinski definition) is 0. The summed E-state index contributed by atoms with van der Waals surface area (Å²) in [5.74, 6) is 0.951. The molecule has 0 N–H and O–H groups in total. The normalized spacial score (nSPS) is 8.44. The van der Waals surface area contributed by atoms with Crippen molar-refractivity contribution < 1.29 is 44.1 Å². The van der Waals surface area contributed by atoms with E-state index in [4.69, 9.17) is 0 Å². The summed E-state index contributed by atoms with van der Waals surface area (Å²) < 4.78 is 12.9. The van der Waals surface area contributed by atoms with E-state index >= 15 is 0 Å². The van der Waals surface area contributed by atoms with Crippen LogP contribution in [0, 0.1) is 0 Å². The van der Waals surface area contributed by atoms with Gasteiger partial charge in [0.15, 0.2) is 0 Å². The Kier molecular flexibility index (Phi) is 21.0. The van der Waals surface area contributed by atoms with Gasteiger partial charge in [0.05, 0.1) is 17.2 Å². The summed E-state index contributed by atoms with van der Waals surface area (Å²) >= 11 is 0. The molecule has 0 aliphatic rings. The number of rotatable bonds is 6. The van der Waals surface area contributed by atoms with E-state index in [0.29, 0.717) is 17.2 Å². The predicted molar refractivity (Wildman–Crippen MR) is 110 cm³/mol. The third-order valence-corrected chi connectivity index (χ3v) is 2.93. The van der Waals surface area contributed by atoms with Crippen LogP contribution in [0.1, 0.15) is 0 Å². The Morgan fingerprint density at radius 1 is 0.375 bits per heavy atom. The second-order valence-corrected chi connectivity index (χ2v) is 5.16. The van der Waals surface area contributed by atoms with Gasteiger partial charge < -0.3 is 44.1 Å². The molecule has 0 amide bonds. The molecule has 9 nitrogen and oxygen atoms in total. The zero-order valence-corrected chi connectivity index (χ0v) is 23.4. The molecule has 32 heavy (non-hydrogen) atoms. The molecular weight excluding hydrogens is 811 g/mol. The zero-order chi connectivity index (χ0) is 22.2. The molecule has 3 aromatic carbocycles. The van der Waals surface area contributed by atoms with Gasteiger partial charge in [-0.1, -0.05) is 54.6 Å². The van der Waals surface area contributed by atoms with Gasteiger partial charge in [0.2, 0.25) is 0 Å². The molecule has 3 aromatic rings. The van der Waals surface area contributed by atoms with Crippen LogP contribution in [-0.2, 0) is 0 Å². The van der Waals surface area contributed by atoms with E-state index in [-0.39, 0.29) is 52.4 Å². The average molecular weight is 826 g/mol. The van der Waals surface area contributed by atoms with Gasteiger partial charge in [-0.15, -0.1) is 0 Å². The fourth-order valence-electron chi connectivity index (χ4n) is 1.83. The first-order chi connectivity index (χ1) is 14.4. The molecule has 3 rings (SSSR count). The second kappa shape index (κ2) is 20.4. The van der Waals surface area contributed by atoms with Gasteiger partial charge in [0.25, 0.3) is 0 Å². The first-order valence-electron chi connectivity index (χ1n) is 8.47. The quantitative estimate of drug-likeness (QED) is 0.223. The molecule has 0 aliphatic heterocycles. The van der Waals surface area contributed by atoms with Gasteiger partial charge in [-0.25, -0.2) is 0 Å². The molecule has 0 fully saturated rings. The van der Waals surface area contributed by atoms with Crippen LogP contribution in [0.15, 0.2) is 91.0 Å². The predicted octanol–water partition coefficient (Wildman–Crippen LogP) is -4.45. The third-order valence-electron chi connectivity index (χ3n) is 2.93. The van der Waals surface area contributed by atoms with E-state index in [1.165, 1.54) is 0 Å². The van der Waals surface area contributed by atoms with Crippen molar-refractivity contribution in [3.8, 4) is 17.2 Å². The summed E-state index contributed by atoms with van der Waals surface area (Å²) in [6, 6.07) is 24.8. The van der Waals surface area contributed by atoms with Crippen LogP contribution < -0.4 is 44.1 Å². The van der Waals surface area contributed by atoms with E-state index in [9.17, 15) is 30.1 Å². The first kappa shape index (κ1) is 33.0. The van der Waals surface area contributed by atoms with E-state index in [1.807, 2.05) is 0 Å². The van der Waals surface area contributed by atoms with Crippen molar-refractivity contribution in [2.24, 2.45) is 0 Å². The van der Waals surface area contributed by atoms with Crippen molar-refractivity contribution in [2.75, 3.05) is 0 Å². The molecule has 14 heteroatoms. The summed E-state index contributed by atoms with van der Waals surface area (Å²) in [5, 5.41) is 59.5. The average Bonchev–Trinajstić information content (AvgIpc) is 2.70. The van der Waals surface area contributed by atoms with Crippen LogP contribution in [0.3, 0.4) is 0 Å². The molecule has 0 unspecified atom stereocenters. The summed E-state index contributed by atoms with van der Waals surface area (Å²) in [5.41, 5.74) is 0. The minimum atomic E-state index is -2.23. The van der Waals surface area contributed by atoms with Crippen LogP contribution in [0.5, 0.6) is 17.2 Å². The van der Waals surface area contributed by atoms with Crippen molar-refractivity contribution in [2.45, 2.75) is 0 Å². The topological polar surface area (TPSA) is 166 Å². The Labute approximate surface area is 225 Å². The van der Waals surface area contributed by atoms with E-state index in [1.54, 1.807) is 91.0 Å². The van der Waals surface area contributed by atoms with Gasteiger partial charge in [0.1, 0.15) is 22.0 Å². The van der Waals surface area contributed by atoms with Gasteiger partial charge in [0, 0.05) is 0 Å². The molecule has 0 spiro atoms. The van der Waals surface area contributed by atoms with E-state index < -0.39 is 22.0 Å². The molecule has 4 radical (unpaired) electrons. The number of benzene rings is 3. The van der Waals surface area contributed by atoms with Gasteiger partial charge in [-0.05, 0) is 36.4 Å². The third kappa shape index (κ3) is 18.4. The maximum atomic E-state index is 9.92. The Morgan fingerprint density at radius 2 is 0.562 bits per heavy atom. The minimum Gasteiger partial charge on any atom is -0.860 e. The zero-order valence-electron chi connectivity index (χ0n) is 16.5. The van der Waals surface area contributed by atoms with Crippen molar-refractivity contribution >= 4 is 74.4 Å². The van der Waals surface area contributed by atoms with Crippen LogP contribution >= 0.6 is 0 Å². The number of hydrogen-bond acceptors (Lipinski definition) is 9. The molecule has 0 aliphatic carbocycles. The molecule has 0 heterocycles. The monoisotopic (exact) mass is 826 g/mol. The minimum absolute atomic E-state index is 0. The Hall–Kier alpha value is -1.22. The van der Waals surface area contributed by atoms with E-state index in [2.05, 4.69) is 14.0 Å². The van der Waals surface area contributed by atoms with Crippen LogP contribution in [0.25, 0.3) is 0 Å². The fourth-order valence-corrected chi connectivity index (χ4v) is 1.83. The Balaban J connectivity index is 0. The summed E-state index contributed by atoms with van der Waals surface area (Å²) in [4.78, 5) is 0. The first-order valence-corrected chi connectivity index (χ1v) is 8.47. The smallest absolute Gasteiger partial charge is 0.860 e. The second-order valence-electron chi connectivity index (χ2n) is 5.16. The largest absolute Gasteiger partial charge is 3.00 e. The van der Waals surface area contributed by atoms with Crippen LogP contribution in [0.4, 0.5) is 0 Å². The van der Waals surface area contributed by atoms with Crippen molar-refractivity contribution in [1.82, 2.24) is 0 Å².